The first-order chi connectivity index (χ1) is 16.4. The number of hydrogen-bond donors (Lipinski definition) is 1. The van der Waals surface area contributed by atoms with Gasteiger partial charge < -0.3 is 15.1 Å². The van der Waals surface area contributed by atoms with Gasteiger partial charge in [-0.3, -0.25) is 4.79 Å². The van der Waals surface area contributed by atoms with Gasteiger partial charge >= 0.3 is 0 Å². The highest BCUT2D eigenvalue weighted by atomic mass is 16.2. The van der Waals surface area contributed by atoms with Crippen molar-refractivity contribution in [3.05, 3.63) is 77.1 Å². The molecule has 2 heterocycles. The number of hydrogen-bond acceptors (Lipinski definition) is 4. The number of para-hydroxylation sites is 1. The fourth-order valence-corrected chi connectivity index (χ4v) is 4.60. The van der Waals surface area contributed by atoms with Gasteiger partial charge in [0.05, 0.1) is 17.9 Å². The smallest absolute Gasteiger partial charge is 0.236 e. The van der Waals surface area contributed by atoms with E-state index in [0.717, 1.165) is 44.0 Å². The van der Waals surface area contributed by atoms with Gasteiger partial charge in [0, 0.05) is 44.1 Å². The molecule has 0 spiro atoms. The molecule has 2 aromatic carbocycles. The summed E-state index contributed by atoms with van der Waals surface area (Å²) in [6.45, 7) is 12.9. The molecule has 0 bridgehead atoms. The lowest BCUT2D eigenvalue weighted by atomic mass is 10.1. The van der Waals surface area contributed by atoms with Crippen molar-refractivity contribution in [3.8, 4) is 5.69 Å². The second kappa shape index (κ2) is 10.9. The van der Waals surface area contributed by atoms with Gasteiger partial charge in [-0.05, 0) is 61.6 Å². The topological polar surface area (TPSA) is 53.4 Å². The van der Waals surface area contributed by atoms with E-state index >= 15 is 0 Å². The Morgan fingerprint density at radius 2 is 1.74 bits per heavy atom. The Kier molecular flexibility index (Phi) is 7.68. The van der Waals surface area contributed by atoms with Crippen LogP contribution in [0.2, 0.25) is 0 Å². The molecule has 1 amide bonds. The molecule has 1 fully saturated rings. The molecule has 1 aliphatic rings. The molecule has 0 atom stereocenters. The summed E-state index contributed by atoms with van der Waals surface area (Å²) < 4.78 is 2.03. The number of carbonyl (C=O) groups is 1. The third-order valence-electron chi connectivity index (χ3n) is 6.58. The van der Waals surface area contributed by atoms with Crippen LogP contribution in [0.1, 0.15) is 36.4 Å². The minimum absolute atomic E-state index is 0.158. The maximum Gasteiger partial charge on any atom is 0.236 e. The highest BCUT2D eigenvalue weighted by Gasteiger charge is 2.22. The van der Waals surface area contributed by atoms with Crippen LogP contribution in [0.5, 0.6) is 0 Å². The molecule has 4 rings (SSSR count). The zero-order valence-electron chi connectivity index (χ0n) is 20.9. The van der Waals surface area contributed by atoms with E-state index in [1.54, 1.807) is 0 Å². The summed E-state index contributed by atoms with van der Waals surface area (Å²) in [6.07, 6.45) is 0.964. The second-order valence-electron chi connectivity index (χ2n) is 9.66. The van der Waals surface area contributed by atoms with Crippen LogP contribution in [0.3, 0.4) is 0 Å². The Hall–Kier alpha value is -3.12. The molecule has 34 heavy (non-hydrogen) atoms. The van der Waals surface area contributed by atoms with Gasteiger partial charge in [0.15, 0.2) is 0 Å². The van der Waals surface area contributed by atoms with Crippen LogP contribution in [0.4, 0.5) is 5.69 Å². The standard InChI is InChI=1S/C28H37N5O/c1-21(2)17-26-18-24(30-33(26)25-10-6-5-7-11-25)19-29-20-28(34)32-15-13-31(14-16-32)27-12-8-9-22(3)23(27)4/h5-12,18,21,29H,13-17,19-20H2,1-4H3. The molecule has 180 valence electrons. The number of nitrogens with zero attached hydrogens (tertiary/aromatic N) is 4. The van der Waals surface area contributed by atoms with E-state index in [2.05, 4.69) is 74.3 Å². The van der Waals surface area contributed by atoms with Crippen molar-refractivity contribution in [2.75, 3.05) is 37.6 Å². The third kappa shape index (κ3) is 5.68. The fourth-order valence-electron chi connectivity index (χ4n) is 4.60. The van der Waals surface area contributed by atoms with E-state index in [1.807, 2.05) is 27.8 Å². The van der Waals surface area contributed by atoms with Crippen LogP contribution in [0.25, 0.3) is 5.69 Å². The van der Waals surface area contributed by atoms with E-state index in [-0.39, 0.29) is 5.91 Å². The molecule has 1 saturated heterocycles. The molecule has 0 saturated carbocycles. The van der Waals surface area contributed by atoms with Gasteiger partial charge in [0.2, 0.25) is 5.91 Å². The van der Waals surface area contributed by atoms with Gasteiger partial charge in [-0.25, -0.2) is 4.68 Å². The summed E-state index contributed by atoms with van der Waals surface area (Å²) in [5, 5.41) is 8.15. The first-order valence-electron chi connectivity index (χ1n) is 12.3. The number of benzene rings is 2. The number of amides is 1. The van der Waals surface area contributed by atoms with Crippen LogP contribution in [-0.2, 0) is 17.8 Å². The van der Waals surface area contributed by atoms with E-state index in [4.69, 9.17) is 5.10 Å². The summed E-state index contributed by atoms with van der Waals surface area (Å²) in [7, 11) is 0. The highest BCUT2D eigenvalue weighted by Crippen LogP contribution is 2.24. The van der Waals surface area contributed by atoms with Gasteiger partial charge in [-0.15, -0.1) is 0 Å². The van der Waals surface area contributed by atoms with Crippen molar-refractivity contribution in [3.63, 3.8) is 0 Å². The maximum atomic E-state index is 12.8. The SMILES string of the molecule is Cc1cccc(N2CCN(C(=O)CNCc3cc(CC(C)C)n(-c4ccccc4)n3)CC2)c1C. The molecular weight excluding hydrogens is 422 g/mol. The molecule has 1 N–H and O–H groups in total. The Bertz CT molecular complexity index is 1100. The first kappa shape index (κ1) is 24.0. The van der Waals surface area contributed by atoms with Gasteiger partial charge in [0.25, 0.3) is 0 Å². The Labute approximate surface area is 203 Å². The monoisotopic (exact) mass is 459 g/mol. The van der Waals surface area contributed by atoms with Crippen LogP contribution in [0, 0.1) is 19.8 Å². The largest absolute Gasteiger partial charge is 0.368 e. The average Bonchev–Trinajstić information content (AvgIpc) is 3.23. The lowest BCUT2D eigenvalue weighted by Gasteiger charge is -2.37. The predicted octanol–water partition coefficient (Wildman–Crippen LogP) is 4.13. The number of carbonyl (C=O) groups excluding carboxylic acids is 1. The van der Waals surface area contributed by atoms with E-state index in [1.165, 1.54) is 22.5 Å². The van der Waals surface area contributed by atoms with Crippen molar-refractivity contribution in [2.45, 2.75) is 40.7 Å². The molecule has 0 radical (unpaired) electrons. The summed E-state index contributed by atoms with van der Waals surface area (Å²) >= 11 is 0. The molecular formula is C28H37N5O. The summed E-state index contributed by atoms with van der Waals surface area (Å²) in [5.74, 6) is 0.703. The zero-order valence-corrected chi connectivity index (χ0v) is 20.9. The predicted molar refractivity (Wildman–Crippen MR) is 139 cm³/mol. The van der Waals surface area contributed by atoms with Crippen LogP contribution < -0.4 is 10.2 Å². The number of aryl methyl sites for hydroxylation is 1. The fraction of sp³-hybridized carbons (Fsp3) is 0.429. The molecule has 6 heteroatoms. The molecule has 6 nitrogen and oxygen atoms in total. The average molecular weight is 460 g/mol. The number of aromatic nitrogens is 2. The summed E-state index contributed by atoms with van der Waals surface area (Å²) in [6, 6.07) is 18.9. The van der Waals surface area contributed by atoms with Crippen molar-refractivity contribution in [1.29, 1.82) is 0 Å². The van der Waals surface area contributed by atoms with Crippen molar-refractivity contribution in [2.24, 2.45) is 5.92 Å². The van der Waals surface area contributed by atoms with E-state index in [0.29, 0.717) is 19.0 Å². The summed E-state index contributed by atoms with van der Waals surface area (Å²) in [4.78, 5) is 17.2. The molecule has 1 aromatic heterocycles. The first-order valence-corrected chi connectivity index (χ1v) is 12.3. The number of rotatable bonds is 8. The Morgan fingerprint density at radius 3 is 2.44 bits per heavy atom. The third-order valence-corrected chi connectivity index (χ3v) is 6.58. The summed E-state index contributed by atoms with van der Waals surface area (Å²) in [5.41, 5.74) is 7.17. The number of nitrogens with one attached hydrogen (secondary N) is 1. The van der Waals surface area contributed by atoms with E-state index < -0.39 is 0 Å². The van der Waals surface area contributed by atoms with Crippen molar-refractivity contribution < 1.29 is 4.79 Å². The van der Waals surface area contributed by atoms with Gasteiger partial charge in [-0.1, -0.05) is 44.2 Å². The van der Waals surface area contributed by atoms with Crippen molar-refractivity contribution in [1.82, 2.24) is 20.0 Å². The Balaban J connectivity index is 1.30. The van der Waals surface area contributed by atoms with Crippen LogP contribution >= 0.6 is 0 Å². The second-order valence-corrected chi connectivity index (χ2v) is 9.66. The Morgan fingerprint density at radius 1 is 1.00 bits per heavy atom. The van der Waals surface area contributed by atoms with Crippen LogP contribution in [0.15, 0.2) is 54.6 Å². The minimum atomic E-state index is 0.158. The van der Waals surface area contributed by atoms with Crippen LogP contribution in [-0.4, -0.2) is 53.3 Å². The van der Waals surface area contributed by atoms with Gasteiger partial charge in [0.1, 0.15) is 0 Å². The van der Waals surface area contributed by atoms with E-state index in [9.17, 15) is 4.79 Å². The molecule has 0 aliphatic carbocycles. The number of piperazine rings is 1. The quantitative estimate of drug-likeness (QED) is 0.550. The number of anilines is 1. The lowest BCUT2D eigenvalue weighted by Crippen LogP contribution is -2.51. The lowest BCUT2D eigenvalue weighted by molar-refractivity contribution is -0.130. The highest BCUT2D eigenvalue weighted by molar-refractivity contribution is 5.78. The molecule has 3 aromatic rings. The molecule has 0 unspecified atom stereocenters. The molecule has 1 aliphatic heterocycles. The maximum absolute atomic E-state index is 12.8. The zero-order chi connectivity index (χ0) is 24.1. The van der Waals surface area contributed by atoms with Crippen molar-refractivity contribution >= 4 is 11.6 Å². The minimum Gasteiger partial charge on any atom is -0.368 e. The normalized spacial score (nSPS) is 14.1. The van der Waals surface area contributed by atoms with Gasteiger partial charge in [-0.2, -0.15) is 5.10 Å².